The monoisotopic (exact) mass is 375 g/mol. The first-order valence-corrected chi connectivity index (χ1v) is 9.46. The predicted octanol–water partition coefficient (Wildman–Crippen LogP) is 5.01. The average molecular weight is 375 g/mol. The van der Waals surface area contributed by atoms with Crippen LogP contribution in [-0.2, 0) is 0 Å². The van der Waals surface area contributed by atoms with Crippen LogP contribution in [0.3, 0.4) is 0 Å². The van der Waals surface area contributed by atoms with E-state index in [-0.39, 0.29) is 5.91 Å². The molecule has 0 saturated carbocycles. The number of aromatic nitrogens is 2. The Morgan fingerprint density at radius 1 is 1.11 bits per heavy atom. The summed E-state index contributed by atoms with van der Waals surface area (Å²) in [5, 5.41) is 7.11. The minimum atomic E-state index is -0.264. The molecule has 2 heterocycles. The number of ether oxygens (including phenoxy) is 1. The first-order valence-electron chi connectivity index (χ1n) is 8.58. The first-order chi connectivity index (χ1) is 13.2. The van der Waals surface area contributed by atoms with Crippen LogP contribution in [-0.4, -0.2) is 22.5 Å². The number of carbonyl (C=O) groups is 1. The van der Waals surface area contributed by atoms with Crippen LogP contribution in [0.1, 0.15) is 17.4 Å². The van der Waals surface area contributed by atoms with E-state index in [0.717, 1.165) is 27.8 Å². The molecule has 4 aromatic rings. The van der Waals surface area contributed by atoms with Gasteiger partial charge in [0.1, 0.15) is 11.4 Å². The van der Waals surface area contributed by atoms with Gasteiger partial charge in [-0.3, -0.25) is 15.1 Å². The Morgan fingerprint density at radius 2 is 1.93 bits per heavy atom. The van der Waals surface area contributed by atoms with Crippen LogP contribution in [0.5, 0.6) is 5.75 Å². The highest BCUT2D eigenvalue weighted by Gasteiger charge is 2.14. The van der Waals surface area contributed by atoms with E-state index in [0.29, 0.717) is 17.4 Å². The van der Waals surface area contributed by atoms with Gasteiger partial charge in [-0.15, -0.1) is 11.3 Å². The molecule has 0 unspecified atom stereocenters. The summed E-state index contributed by atoms with van der Waals surface area (Å²) in [7, 11) is 0. The number of amides is 1. The van der Waals surface area contributed by atoms with E-state index >= 15 is 0 Å². The van der Waals surface area contributed by atoms with Crippen molar-refractivity contribution < 1.29 is 9.53 Å². The standard InChI is InChI=1S/C21H17N3O2S/c1-2-26-16-9-7-15(8-10-16)18-13-27-21(23-18)24-20(25)19-17-6-4-3-5-14(17)11-12-22-19/h3-13H,2H2,1H3,(H,23,24,25). The second-order valence-electron chi connectivity index (χ2n) is 5.83. The number of fused-ring (bicyclic) bond motifs is 1. The van der Waals surface area contributed by atoms with Crippen molar-refractivity contribution in [2.45, 2.75) is 6.92 Å². The van der Waals surface area contributed by atoms with E-state index < -0.39 is 0 Å². The van der Waals surface area contributed by atoms with Crippen molar-refractivity contribution in [1.29, 1.82) is 0 Å². The molecule has 0 radical (unpaired) electrons. The number of benzene rings is 2. The summed E-state index contributed by atoms with van der Waals surface area (Å²) in [6, 6.07) is 17.3. The normalized spacial score (nSPS) is 10.7. The number of hydrogen-bond acceptors (Lipinski definition) is 5. The second-order valence-corrected chi connectivity index (χ2v) is 6.69. The Labute approximate surface area is 160 Å². The Kier molecular flexibility index (Phi) is 4.80. The van der Waals surface area contributed by atoms with Gasteiger partial charge in [-0.25, -0.2) is 4.98 Å². The molecular formula is C21H17N3O2S. The van der Waals surface area contributed by atoms with Crippen molar-refractivity contribution in [2.24, 2.45) is 0 Å². The van der Waals surface area contributed by atoms with Gasteiger partial charge in [0, 0.05) is 22.5 Å². The van der Waals surface area contributed by atoms with Crippen molar-refractivity contribution in [3.63, 3.8) is 0 Å². The zero-order valence-corrected chi connectivity index (χ0v) is 15.5. The van der Waals surface area contributed by atoms with E-state index in [1.54, 1.807) is 6.20 Å². The zero-order valence-electron chi connectivity index (χ0n) is 14.7. The fourth-order valence-corrected chi connectivity index (χ4v) is 3.52. The smallest absolute Gasteiger partial charge is 0.276 e. The molecule has 0 spiro atoms. The van der Waals surface area contributed by atoms with Crippen LogP contribution < -0.4 is 10.1 Å². The summed E-state index contributed by atoms with van der Waals surface area (Å²) in [6.07, 6.45) is 1.64. The summed E-state index contributed by atoms with van der Waals surface area (Å²) in [6.45, 7) is 2.59. The molecule has 27 heavy (non-hydrogen) atoms. The number of pyridine rings is 1. The Hall–Kier alpha value is -3.25. The van der Waals surface area contributed by atoms with E-state index in [2.05, 4.69) is 15.3 Å². The van der Waals surface area contributed by atoms with Gasteiger partial charge in [0.2, 0.25) is 0 Å². The molecule has 0 aliphatic carbocycles. The predicted molar refractivity (Wildman–Crippen MR) is 108 cm³/mol. The number of anilines is 1. The van der Waals surface area contributed by atoms with Crippen LogP contribution in [0, 0.1) is 0 Å². The van der Waals surface area contributed by atoms with Crippen molar-refractivity contribution in [1.82, 2.24) is 9.97 Å². The molecule has 0 atom stereocenters. The van der Waals surface area contributed by atoms with Crippen molar-refractivity contribution in [3.8, 4) is 17.0 Å². The lowest BCUT2D eigenvalue weighted by Crippen LogP contribution is -2.13. The zero-order chi connectivity index (χ0) is 18.6. The van der Waals surface area contributed by atoms with Crippen LogP contribution in [0.4, 0.5) is 5.13 Å². The van der Waals surface area contributed by atoms with Crippen LogP contribution in [0.15, 0.2) is 66.2 Å². The molecule has 2 aromatic carbocycles. The molecular weight excluding hydrogens is 358 g/mol. The third-order valence-corrected chi connectivity index (χ3v) is 4.83. The molecule has 5 nitrogen and oxygen atoms in total. The SMILES string of the molecule is CCOc1ccc(-c2csc(NC(=O)c3nccc4ccccc34)n2)cc1. The average Bonchev–Trinajstić information content (AvgIpc) is 3.17. The van der Waals surface area contributed by atoms with Gasteiger partial charge >= 0.3 is 0 Å². The van der Waals surface area contributed by atoms with E-state index in [4.69, 9.17) is 4.74 Å². The largest absolute Gasteiger partial charge is 0.494 e. The molecule has 0 bridgehead atoms. The highest BCUT2D eigenvalue weighted by molar-refractivity contribution is 7.14. The van der Waals surface area contributed by atoms with Crippen LogP contribution in [0.25, 0.3) is 22.0 Å². The second kappa shape index (κ2) is 7.55. The topological polar surface area (TPSA) is 64.1 Å². The quantitative estimate of drug-likeness (QED) is 0.533. The van der Waals surface area contributed by atoms with Crippen molar-refractivity contribution in [3.05, 3.63) is 71.9 Å². The van der Waals surface area contributed by atoms with Gasteiger partial charge in [-0.05, 0) is 42.6 Å². The number of thiazole rings is 1. The molecule has 0 aliphatic heterocycles. The summed E-state index contributed by atoms with van der Waals surface area (Å²) in [5.74, 6) is 0.562. The highest BCUT2D eigenvalue weighted by Crippen LogP contribution is 2.27. The van der Waals surface area contributed by atoms with Gasteiger partial charge in [0.25, 0.3) is 5.91 Å². The van der Waals surface area contributed by atoms with E-state index in [1.165, 1.54) is 11.3 Å². The van der Waals surface area contributed by atoms with Gasteiger partial charge in [0.15, 0.2) is 5.13 Å². The van der Waals surface area contributed by atoms with Crippen LogP contribution >= 0.6 is 11.3 Å². The number of rotatable bonds is 5. The fourth-order valence-electron chi connectivity index (χ4n) is 2.81. The number of hydrogen-bond donors (Lipinski definition) is 1. The molecule has 134 valence electrons. The van der Waals surface area contributed by atoms with Gasteiger partial charge in [-0.1, -0.05) is 24.3 Å². The molecule has 0 fully saturated rings. The summed E-state index contributed by atoms with van der Waals surface area (Å²) < 4.78 is 5.46. The van der Waals surface area contributed by atoms with Gasteiger partial charge in [-0.2, -0.15) is 0 Å². The third-order valence-electron chi connectivity index (χ3n) is 4.07. The number of carbonyl (C=O) groups excluding carboxylic acids is 1. The van der Waals surface area contributed by atoms with E-state index in [1.807, 2.05) is 66.9 Å². The Balaban J connectivity index is 1.54. The lowest BCUT2D eigenvalue weighted by Gasteiger charge is -2.05. The molecule has 6 heteroatoms. The maximum absolute atomic E-state index is 12.7. The van der Waals surface area contributed by atoms with Gasteiger partial charge < -0.3 is 4.74 Å². The Morgan fingerprint density at radius 3 is 2.74 bits per heavy atom. The lowest BCUT2D eigenvalue weighted by molar-refractivity contribution is 0.102. The molecule has 4 rings (SSSR count). The minimum Gasteiger partial charge on any atom is -0.494 e. The minimum absolute atomic E-state index is 0.264. The van der Waals surface area contributed by atoms with Crippen molar-refractivity contribution in [2.75, 3.05) is 11.9 Å². The maximum Gasteiger partial charge on any atom is 0.276 e. The lowest BCUT2D eigenvalue weighted by atomic mass is 10.1. The fraction of sp³-hybridized carbons (Fsp3) is 0.0952. The number of nitrogens with zero attached hydrogens (tertiary/aromatic N) is 2. The number of nitrogens with one attached hydrogen (secondary N) is 1. The van der Waals surface area contributed by atoms with Gasteiger partial charge in [0.05, 0.1) is 12.3 Å². The third kappa shape index (κ3) is 3.66. The summed E-state index contributed by atoms with van der Waals surface area (Å²) >= 11 is 1.39. The van der Waals surface area contributed by atoms with Crippen LogP contribution in [0.2, 0.25) is 0 Å². The summed E-state index contributed by atoms with van der Waals surface area (Å²) in [5.41, 5.74) is 2.17. The molecule has 1 N–H and O–H groups in total. The highest BCUT2D eigenvalue weighted by atomic mass is 32.1. The molecule has 1 amide bonds. The van der Waals surface area contributed by atoms with E-state index in [9.17, 15) is 4.79 Å². The molecule has 0 saturated heterocycles. The molecule has 0 aliphatic rings. The molecule has 2 aromatic heterocycles. The maximum atomic E-state index is 12.7. The first kappa shape index (κ1) is 17.2. The summed E-state index contributed by atoms with van der Waals surface area (Å²) in [4.78, 5) is 21.4. The van der Waals surface area contributed by atoms with Crippen molar-refractivity contribution >= 4 is 33.1 Å². The Bertz CT molecular complexity index is 1080.